The minimum atomic E-state index is 0.412. The van der Waals surface area contributed by atoms with E-state index < -0.39 is 0 Å². The lowest BCUT2D eigenvalue weighted by Crippen LogP contribution is -2.49. The fourth-order valence-electron chi connectivity index (χ4n) is 4.46. The molecule has 0 spiro atoms. The Kier molecular flexibility index (Phi) is 7.59. The second-order valence-electron chi connectivity index (χ2n) is 8.59. The molecule has 0 bridgehead atoms. The Labute approximate surface area is 191 Å². The topological polar surface area (TPSA) is 63.3 Å². The quantitative estimate of drug-likeness (QED) is 0.434. The third kappa shape index (κ3) is 5.58. The predicted molar refractivity (Wildman–Crippen MR) is 128 cm³/mol. The van der Waals surface area contributed by atoms with E-state index in [4.69, 9.17) is 4.99 Å². The average Bonchev–Trinajstić information content (AvgIpc) is 3.50. The molecule has 0 aliphatic carbocycles. The van der Waals surface area contributed by atoms with Crippen LogP contribution >= 0.6 is 0 Å². The van der Waals surface area contributed by atoms with Crippen molar-refractivity contribution < 1.29 is 0 Å². The normalized spacial score (nSPS) is 19.3. The van der Waals surface area contributed by atoms with Crippen LogP contribution < -0.4 is 5.32 Å². The number of imidazole rings is 2. The average molecular weight is 434 g/mol. The smallest absolute Gasteiger partial charge is 0.194 e. The van der Waals surface area contributed by atoms with Crippen molar-refractivity contribution in [1.82, 2.24) is 29.3 Å². The van der Waals surface area contributed by atoms with E-state index in [1.165, 1.54) is 5.56 Å². The zero-order chi connectivity index (χ0) is 22.2. The van der Waals surface area contributed by atoms with E-state index in [0.29, 0.717) is 18.5 Å². The Balaban J connectivity index is 1.39. The Morgan fingerprint density at radius 3 is 2.84 bits per heavy atom. The van der Waals surface area contributed by atoms with E-state index in [9.17, 15) is 0 Å². The molecule has 2 atom stereocenters. The lowest BCUT2D eigenvalue weighted by atomic mass is 9.93. The van der Waals surface area contributed by atoms with Gasteiger partial charge in [0.15, 0.2) is 5.96 Å². The minimum Gasteiger partial charge on any atom is -0.357 e. The van der Waals surface area contributed by atoms with Gasteiger partial charge in [-0.2, -0.15) is 0 Å². The number of hydrogen-bond acceptors (Lipinski definition) is 3. The van der Waals surface area contributed by atoms with Gasteiger partial charge in [0.25, 0.3) is 0 Å². The summed E-state index contributed by atoms with van der Waals surface area (Å²) in [6.45, 7) is 8.81. The van der Waals surface area contributed by atoms with Crippen LogP contribution in [-0.4, -0.2) is 49.6 Å². The number of rotatable bonds is 8. The highest BCUT2D eigenvalue weighted by atomic mass is 15.3. The molecule has 1 fully saturated rings. The summed E-state index contributed by atoms with van der Waals surface area (Å²) in [6, 6.07) is 11.1. The van der Waals surface area contributed by atoms with Crippen LogP contribution in [0.25, 0.3) is 0 Å². The van der Waals surface area contributed by atoms with Crippen molar-refractivity contribution in [1.29, 1.82) is 0 Å². The summed E-state index contributed by atoms with van der Waals surface area (Å²) in [4.78, 5) is 16.2. The zero-order valence-electron chi connectivity index (χ0n) is 19.3. The van der Waals surface area contributed by atoms with Crippen molar-refractivity contribution in [3.63, 3.8) is 0 Å². The van der Waals surface area contributed by atoms with Crippen molar-refractivity contribution in [3.8, 4) is 0 Å². The van der Waals surface area contributed by atoms with E-state index in [-0.39, 0.29) is 0 Å². The summed E-state index contributed by atoms with van der Waals surface area (Å²) in [7, 11) is 0. The molecule has 32 heavy (non-hydrogen) atoms. The molecule has 2 aromatic heterocycles. The molecular weight excluding hydrogens is 398 g/mol. The molecule has 2 unspecified atom stereocenters. The van der Waals surface area contributed by atoms with Gasteiger partial charge in [0.05, 0.1) is 12.4 Å². The van der Waals surface area contributed by atoms with Crippen LogP contribution in [0.5, 0.6) is 0 Å². The van der Waals surface area contributed by atoms with Crippen molar-refractivity contribution in [2.24, 2.45) is 10.9 Å². The molecule has 1 saturated heterocycles. The van der Waals surface area contributed by atoms with E-state index in [0.717, 1.165) is 57.2 Å². The van der Waals surface area contributed by atoms with Gasteiger partial charge in [-0.15, -0.1) is 0 Å². The molecule has 1 aromatic carbocycles. The predicted octanol–water partition coefficient (Wildman–Crippen LogP) is 3.76. The number of piperidine rings is 1. The molecule has 170 valence electrons. The van der Waals surface area contributed by atoms with Gasteiger partial charge in [0.2, 0.25) is 0 Å². The number of aliphatic imine (C=N–C) groups is 1. The molecule has 1 aliphatic rings. The fraction of sp³-hybridized carbons (Fsp3) is 0.480. The number of nitrogens with one attached hydrogen (secondary N) is 1. The molecule has 1 aliphatic heterocycles. The number of likely N-dealkylation sites (tertiary alicyclic amines) is 1. The first-order chi connectivity index (χ1) is 15.7. The van der Waals surface area contributed by atoms with Crippen molar-refractivity contribution in [3.05, 3.63) is 72.8 Å². The van der Waals surface area contributed by atoms with Crippen molar-refractivity contribution in [2.75, 3.05) is 19.6 Å². The van der Waals surface area contributed by atoms with E-state index >= 15 is 0 Å². The summed E-state index contributed by atoms with van der Waals surface area (Å²) in [5, 5.41) is 3.49. The molecule has 1 N–H and O–H groups in total. The first kappa shape index (κ1) is 22.1. The molecule has 7 nitrogen and oxygen atoms in total. The molecule has 7 heteroatoms. The van der Waals surface area contributed by atoms with Crippen LogP contribution in [0.2, 0.25) is 0 Å². The SMILES string of the molecule is CCNC(=NCc1nccn1CCCc1ccccc1)N1CCC(C)C(n2ccnc2)C1. The monoisotopic (exact) mass is 433 g/mol. The third-order valence-electron chi connectivity index (χ3n) is 6.34. The van der Waals surface area contributed by atoms with E-state index in [1.807, 2.05) is 18.7 Å². The largest absolute Gasteiger partial charge is 0.357 e. The molecule has 0 amide bonds. The van der Waals surface area contributed by atoms with Crippen LogP contribution in [0.1, 0.15) is 44.1 Å². The first-order valence-corrected chi connectivity index (χ1v) is 11.8. The van der Waals surface area contributed by atoms with Gasteiger partial charge < -0.3 is 19.4 Å². The lowest BCUT2D eigenvalue weighted by Gasteiger charge is -2.39. The number of aryl methyl sites for hydroxylation is 2. The van der Waals surface area contributed by atoms with Gasteiger partial charge in [0, 0.05) is 51.0 Å². The van der Waals surface area contributed by atoms with Gasteiger partial charge in [-0.25, -0.2) is 15.0 Å². The van der Waals surface area contributed by atoms with E-state index in [2.05, 4.69) is 85.9 Å². The highest BCUT2D eigenvalue weighted by Crippen LogP contribution is 2.27. The molecule has 3 heterocycles. The summed E-state index contributed by atoms with van der Waals surface area (Å²) in [5.41, 5.74) is 1.38. The molecule has 0 saturated carbocycles. The highest BCUT2D eigenvalue weighted by Gasteiger charge is 2.28. The molecular formula is C25H35N7. The van der Waals surface area contributed by atoms with E-state index in [1.54, 1.807) is 0 Å². The molecule has 0 radical (unpaired) electrons. The Bertz CT molecular complexity index is 961. The van der Waals surface area contributed by atoms with Crippen LogP contribution in [0.15, 0.2) is 66.4 Å². The van der Waals surface area contributed by atoms with Crippen LogP contribution in [0.4, 0.5) is 0 Å². The number of aromatic nitrogens is 4. The summed E-state index contributed by atoms with van der Waals surface area (Å²) >= 11 is 0. The number of guanidine groups is 1. The summed E-state index contributed by atoms with van der Waals surface area (Å²) in [5.74, 6) is 2.61. The van der Waals surface area contributed by atoms with Crippen LogP contribution in [0.3, 0.4) is 0 Å². The van der Waals surface area contributed by atoms with Crippen LogP contribution in [0, 0.1) is 5.92 Å². The fourth-order valence-corrected chi connectivity index (χ4v) is 4.46. The standard InChI is InChI=1S/C25H35N7/c1-3-27-25(31-15-11-21(2)23(19-31)32-16-12-26-20-32)29-18-24-28-13-17-30(24)14-7-10-22-8-5-4-6-9-22/h4-6,8-9,12-13,16-17,20-21,23H,3,7,10-11,14-15,18-19H2,1-2H3,(H,27,29). The van der Waals surface area contributed by atoms with Crippen molar-refractivity contribution in [2.45, 2.75) is 52.2 Å². The Morgan fingerprint density at radius 2 is 2.06 bits per heavy atom. The molecule has 3 aromatic rings. The molecule has 4 rings (SSSR count). The Hall–Kier alpha value is -3.09. The van der Waals surface area contributed by atoms with Crippen LogP contribution in [-0.2, 0) is 19.5 Å². The van der Waals surface area contributed by atoms with Gasteiger partial charge in [-0.05, 0) is 37.7 Å². The maximum absolute atomic E-state index is 4.97. The second kappa shape index (κ2) is 11.0. The first-order valence-electron chi connectivity index (χ1n) is 11.8. The van der Waals surface area contributed by atoms with Gasteiger partial charge in [-0.1, -0.05) is 37.3 Å². The second-order valence-corrected chi connectivity index (χ2v) is 8.59. The lowest BCUT2D eigenvalue weighted by molar-refractivity contribution is 0.189. The number of nitrogens with zero attached hydrogens (tertiary/aromatic N) is 6. The Morgan fingerprint density at radius 1 is 1.19 bits per heavy atom. The number of hydrogen-bond donors (Lipinski definition) is 1. The number of benzene rings is 1. The maximum atomic E-state index is 4.97. The van der Waals surface area contributed by atoms with Crippen molar-refractivity contribution >= 4 is 5.96 Å². The van der Waals surface area contributed by atoms with Gasteiger partial charge >= 0.3 is 0 Å². The highest BCUT2D eigenvalue weighted by molar-refractivity contribution is 5.80. The minimum absolute atomic E-state index is 0.412. The maximum Gasteiger partial charge on any atom is 0.194 e. The zero-order valence-corrected chi connectivity index (χ0v) is 19.3. The van der Waals surface area contributed by atoms with Gasteiger partial charge in [0.1, 0.15) is 12.4 Å². The van der Waals surface area contributed by atoms with Gasteiger partial charge in [-0.3, -0.25) is 0 Å². The summed E-state index contributed by atoms with van der Waals surface area (Å²) < 4.78 is 4.47. The third-order valence-corrected chi connectivity index (χ3v) is 6.34. The summed E-state index contributed by atoms with van der Waals surface area (Å²) in [6.07, 6.45) is 13.1.